The number of rotatable bonds is 9. The van der Waals surface area contributed by atoms with Crippen LogP contribution in [0.2, 0.25) is 0 Å². The number of carbonyl (C=O) groups excluding carboxylic acids is 1. The van der Waals surface area contributed by atoms with Crippen LogP contribution in [-0.4, -0.2) is 22.4 Å². The fourth-order valence-electron chi connectivity index (χ4n) is 2.86. The summed E-state index contributed by atoms with van der Waals surface area (Å²) in [6.45, 7) is 10.2. The number of ether oxygens (including phenoxy) is 1. The summed E-state index contributed by atoms with van der Waals surface area (Å²) in [5, 5.41) is 10.1. The molecule has 26 heavy (non-hydrogen) atoms. The molecular weight excluding hydrogens is 328 g/mol. The van der Waals surface area contributed by atoms with Gasteiger partial charge in [0.05, 0.1) is 18.8 Å². The van der Waals surface area contributed by atoms with Crippen molar-refractivity contribution in [2.75, 3.05) is 11.9 Å². The molecule has 0 saturated heterocycles. The number of carbonyl (C=O) groups is 1. The number of anilines is 1. The summed E-state index contributed by atoms with van der Waals surface area (Å²) >= 11 is 0. The highest BCUT2D eigenvalue weighted by Gasteiger charge is 2.13. The summed E-state index contributed by atoms with van der Waals surface area (Å²) in [5.74, 6) is 1.28. The maximum atomic E-state index is 12.2. The molecule has 1 heterocycles. The van der Waals surface area contributed by atoms with Gasteiger partial charge in [0.15, 0.2) is 0 Å². The SMILES string of the molecule is CCOCc1ccc(CNC(=O)Nc2ccnn2C(C)CC(C)C)cc1. The van der Waals surface area contributed by atoms with E-state index < -0.39 is 0 Å². The van der Waals surface area contributed by atoms with E-state index in [4.69, 9.17) is 4.74 Å². The monoisotopic (exact) mass is 358 g/mol. The van der Waals surface area contributed by atoms with E-state index in [1.807, 2.05) is 41.9 Å². The van der Waals surface area contributed by atoms with E-state index in [1.54, 1.807) is 6.20 Å². The lowest BCUT2D eigenvalue weighted by Crippen LogP contribution is -2.29. The second-order valence-corrected chi connectivity index (χ2v) is 6.90. The first kappa shape index (κ1) is 20.0. The molecule has 1 aromatic carbocycles. The number of hydrogen-bond acceptors (Lipinski definition) is 3. The van der Waals surface area contributed by atoms with Gasteiger partial charge in [-0.2, -0.15) is 5.10 Å². The summed E-state index contributed by atoms with van der Waals surface area (Å²) < 4.78 is 7.25. The molecule has 2 aromatic rings. The largest absolute Gasteiger partial charge is 0.377 e. The lowest BCUT2D eigenvalue weighted by Gasteiger charge is -2.18. The van der Waals surface area contributed by atoms with Gasteiger partial charge in [0.25, 0.3) is 0 Å². The van der Waals surface area contributed by atoms with Crippen molar-refractivity contribution in [3.8, 4) is 0 Å². The van der Waals surface area contributed by atoms with E-state index in [0.717, 1.165) is 17.5 Å². The quantitative estimate of drug-likeness (QED) is 0.700. The predicted molar refractivity (Wildman–Crippen MR) is 104 cm³/mol. The topological polar surface area (TPSA) is 68.2 Å². The minimum atomic E-state index is -0.234. The third-order valence-electron chi connectivity index (χ3n) is 4.09. The number of aromatic nitrogens is 2. The average molecular weight is 358 g/mol. The number of nitrogens with one attached hydrogen (secondary N) is 2. The van der Waals surface area contributed by atoms with Crippen LogP contribution in [0.4, 0.5) is 10.6 Å². The number of amides is 2. The highest BCUT2D eigenvalue weighted by molar-refractivity contribution is 5.88. The van der Waals surface area contributed by atoms with E-state index >= 15 is 0 Å². The molecule has 142 valence electrons. The number of hydrogen-bond donors (Lipinski definition) is 2. The zero-order valence-corrected chi connectivity index (χ0v) is 16.2. The Kier molecular flexibility index (Phi) is 7.66. The van der Waals surface area contributed by atoms with Gasteiger partial charge in [-0.25, -0.2) is 9.48 Å². The molecule has 0 bridgehead atoms. The first-order valence-corrected chi connectivity index (χ1v) is 9.23. The number of urea groups is 1. The second kappa shape index (κ2) is 9.97. The van der Waals surface area contributed by atoms with Crippen molar-refractivity contribution in [3.05, 3.63) is 47.7 Å². The van der Waals surface area contributed by atoms with Gasteiger partial charge in [0.2, 0.25) is 0 Å². The van der Waals surface area contributed by atoms with E-state index in [1.165, 1.54) is 0 Å². The summed E-state index contributed by atoms with van der Waals surface area (Å²) in [5.41, 5.74) is 2.17. The maximum absolute atomic E-state index is 12.2. The molecule has 1 unspecified atom stereocenters. The number of benzene rings is 1. The first-order chi connectivity index (χ1) is 12.5. The predicted octanol–water partition coefficient (Wildman–Crippen LogP) is 4.35. The minimum absolute atomic E-state index is 0.234. The Morgan fingerprint density at radius 2 is 1.85 bits per heavy atom. The van der Waals surface area contributed by atoms with Crippen LogP contribution in [0.25, 0.3) is 0 Å². The van der Waals surface area contributed by atoms with Crippen molar-refractivity contribution >= 4 is 11.8 Å². The van der Waals surface area contributed by atoms with Gasteiger partial charge in [0, 0.05) is 19.2 Å². The van der Waals surface area contributed by atoms with Gasteiger partial charge in [-0.3, -0.25) is 5.32 Å². The molecular formula is C20H30N4O2. The molecule has 1 atom stereocenters. The Morgan fingerprint density at radius 1 is 1.15 bits per heavy atom. The van der Waals surface area contributed by atoms with Gasteiger partial charge >= 0.3 is 6.03 Å². The lowest BCUT2D eigenvalue weighted by molar-refractivity contribution is 0.134. The fourth-order valence-corrected chi connectivity index (χ4v) is 2.86. The Bertz CT molecular complexity index is 679. The Labute approximate surface area is 155 Å². The summed E-state index contributed by atoms with van der Waals surface area (Å²) in [6, 6.07) is 9.87. The van der Waals surface area contributed by atoms with Gasteiger partial charge in [-0.05, 0) is 37.3 Å². The molecule has 0 saturated carbocycles. The third-order valence-corrected chi connectivity index (χ3v) is 4.09. The lowest BCUT2D eigenvalue weighted by atomic mass is 10.1. The highest BCUT2D eigenvalue weighted by Crippen LogP contribution is 2.20. The van der Waals surface area contributed by atoms with Crippen LogP contribution < -0.4 is 10.6 Å². The minimum Gasteiger partial charge on any atom is -0.377 e. The van der Waals surface area contributed by atoms with Crippen molar-refractivity contribution < 1.29 is 9.53 Å². The van der Waals surface area contributed by atoms with Crippen LogP contribution in [0.5, 0.6) is 0 Å². The summed E-state index contributed by atoms with van der Waals surface area (Å²) in [4.78, 5) is 12.2. The van der Waals surface area contributed by atoms with E-state index in [9.17, 15) is 4.79 Å². The van der Waals surface area contributed by atoms with Crippen LogP contribution in [0, 0.1) is 5.92 Å². The normalized spacial score (nSPS) is 12.2. The average Bonchev–Trinajstić information content (AvgIpc) is 3.06. The van der Waals surface area contributed by atoms with Gasteiger partial charge in [-0.15, -0.1) is 0 Å². The van der Waals surface area contributed by atoms with Crippen molar-refractivity contribution in [2.24, 2.45) is 5.92 Å². The molecule has 2 rings (SSSR count). The molecule has 0 spiro atoms. The van der Waals surface area contributed by atoms with Gasteiger partial charge < -0.3 is 10.1 Å². The molecule has 2 N–H and O–H groups in total. The zero-order chi connectivity index (χ0) is 18.9. The van der Waals surface area contributed by atoms with E-state index in [0.29, 0.717) is 31.5 Å². The number of nitrogens with zero attached hydrogens (tertiary/aromatic N) is 2. The molecule has 2 amide bonds. The molecule has 0 radical (unpaired) electrons. The maximum Gasteiger partial charge on any atom is 0.320 e. The van der Waals surface area contributed by atoms with Crippen LogP contribution >= 0.6 is 0 Å². The first-order valence-electron chi connectivity index (χ1n) is 9.23. The highest BCUT2D eigenvalue weighted by atomic mass is 16.5. The van der Waals surface area contributed by atoms with Crippen molar-refractivity contribution in [3.63, 3.8) is 0 Å². The molecule has 1 aromatic heterocycles. The van der Waals surface area contributed by atoms with Crippen molar-refractivity contribution in [1.29, 1.82) is 0 Å². The Hall–Kier alpha value is -2.34. The van der Waals surface area contributed by atoms with Crippen LogP contribution in [0.3, 0.4) is 0 Å². The molecule has 0 fully saturated rings. The second-order valence-electron chi connectivity index (χ2n) is 6.90. The summed E-state index contributed by atoms with van der Waals surface area (Å²) in [6.07, 6.45) is 2.72. The third kappa shape index (κ3) is 6.19. The Morgan fingerprint density at radius 3 is 2.50 bits per heavy atom. The Balaban J connectivity index is 1.85. The molecule has 0 aliphatic carbocycles. The van der Waals surface area contributed by atoms with Gasteiger partial charge in [0.1, 0.15) is 5.82 Å². The zero-order valence-electron chi connectivity index (χ0n) is 16.2. The molecule has 6 heteroatoms. The van der Waals surface area contributed by atoms with Gasteiger partial charge in [-0.1, -0.05) is 38.1 Å². The van der Waals surface area contributed by atoms with Crippen LogP contribution in [0.1, 0.15) is 51.3 Å². The molecule has 6 nitrogen and oxygen atoms in total. The molecule has 0 aliphatic heterocycles. The summed E-state index contributed by atoms with van der Waals surface area (Å²) in [7, 11) is 0. The fraction of sp³-hybridized carbons (Fsp3) is 0.500. The standard InChI is InChI=1S/C20H30N4O2/c1-5-26-14-18-8-6-17(7-9-18)13-21-20(25)23-19-10-11-22-24(19)16(4)12-15(2)3/h6-11,15-16H,5,12-14H2,1-4H3,(H2,21,23,25). The van der Waals surface area contributed by atoms with E-state index in [2.05, 4.69) is 36.5 Å². The van der Waals surface area contributed by atoms with Crippen LogP contribution in [0.15, 0.2) is 36.5 Å². The van der Waals surface area contributed by atoms with Crippen molar-refractivity contribution in [2.45, 2.75) is 53.3 Å². The van der Waals surface area contributed by atoms with Crippen LogP contribution in [-0.2, 0) is 17.9 Å². The smallest absolute Gasteiger partial charge is 0.320 e. The molecule has 0 aliphatic rings. The van der Waals surface area contributed by atoms with E-state index in [-0.39, 0.29) is 12.1 Å². The van der Waals surface area contributed by atoms with Crippen molar-refractivity contribution in [1.82, 2.24) is 15.1 Å².